The predicted molar refractivity (Wildman–Crippen MR) is 132 cm³/mol. The summed E-state index contributed by atoms with van der Waals surface area (Å²) >= 11 is 1.21. The molecule has 3 aromatic carbocycles. The number of amides is 1. The number of carbonyl (C=O) groups is 2. The van der Waals surface area contributed by atoms with E-state index in [2.05, 4.69) is 4.99 Å². The van der Waals surface area contributed by atoms with Crippen molar-refractivity contribution < 1.29 is 23.8 Å². The summed E-state index contributed by atoms with van der Waals surface area (Å²) in [6.45, 7) is 0.137. The molecule has 0 aromatic heterocycles. The Morgan fingerprint density at radius 3 is 2.59 bits per heavy atom. The third kappa shape index (κ3) is 4.40. The SMILES string of the molecule is COc1ccc(C(=O)CSC2=N/C(=C/c3ccccc3)C(=O)N2c2ccc3c(c2)OCO3)cc1. The topological polar surface area (TPSA) is 77.4 Å². The molecule has 8 heteroatoms. The zero-order valence-electron chi connectivity index (χ0n) is 18.3. The summed E-state index contributed by atoms with van der Waals surface area (Å²) in [4.78, 5) is 32.2. The largest absolute Gasteiger partial charge is 0.497 e. The first kappa shape index (κ1) is 21.8. The standard InChI is InChI=1S/C26H20N2O5S/c1-31-20-10-7-18(8-11-20)22(29)15-34-26-27-21(13-17-5-3-2-4-6-17)25(30)28(26)19-9-12-23-24(14-19)33-16-32-23/h2-14H,15-16H2,1H3/b21-13+. The van der Waals surface area contributed by atoms with E-state index >= 15 is 0 Å². The normalized spacial score (nSPS) is 15.6. The summed E-state index contributed by atoms with van der Waals surface area (Å²) in [5.41, 5.74) is 2.31. The Hall–Kier alpha value is -4.04. The minimum atomic E-state index is -0.276. The van der Waals surface area contributed by atoms with Crippen LogP contribution in [0, 0.1) is 0 Å². The highest BCUT2D eigenvalue weighted by molar-refractivity contribution is 8.14. The minimum absolute atomic E-state index is 0.0751. The molecule has 0 bridgehead atoms. The van der Waals surface area contributed by atoms with Crippen LogP contribution in [0.3, 0.4) is 0 Å². The van der Waals surface area contributed by atoms with E-state index in [0.29, 0.717) is 39.4 Å². The van der Waals surface area contributed by atoms with E-state index in [1.165, 1.54) is 16.7 Å². The number of Topliss-reactive ketones (excluding diaryl/α,β-unsaturated/α-hetero) is 1. The average molecular weight is 473 g/mol. The van der Waals surface area contributed by atoms with Gasteiger partial charge in [0.1, 0.15) is 11.4 Å². The Labute approximate surface area is 200 Å². The second kappa shape index (κ2) is 9.44. The van der Waals surface area contributed by atoms with Gasteiger partial charge in [0.15, 0.2) is 22.4 Å². The van der Waals surface area contributed by atoms with E-state index in [1.807, 2.05) is 30.3 Å². The van der Waals surface area contributed by atoms with E-state index in [0.717, 1.165) is 5.56 Å². The molecule has 2 aliphatic rings. The van der Waals surface area contributed by atoms with Crippen molar-refractivity contribution in [2.75, 3.05) is 24.6 Å². The number of thioether (sulfide) groups is 1. The van der Waals surface area contributed by atoms with E-state index in [4.69, 9.17) is 14.2 Å². The molecule has 7 nitrogen and oxygen atoms in total. The first-order valence-corrected chi connectivity index (χ1v) is 11.5. The third-order valence-electron chi connectivity index (χ3n) is 5.29. The number of nitrogens with zero attached hydrogens (tertiary/aromatic N) is 2. The van der Waals surface area contributed by atoms with Crippen LogP contribution in [0.4, 0.5) is 5.69 Å². The number of ether oxygens (including phenoxy) is 3. The maximum atomic E-state index is 13.4. The molecule has 2 heterocycles. The lowest BCUT2D eigenvalue weighted by atomic mass is 10.1. The molecule has 0 saturated heterocycles. The van der Waals surface area contributed by atoms with Crippen molar-refractivity contribution in [3.8, 4) is 17.2 Å². The molecule has 3 aromatic rings. The summed E-state index contributed by atoms with van der Waals surface area (Å²) < 4.78 is 16.0. The molecule has 0 radical (unpaired) electrons. The lowest BCUT2D eigenvalue weighted by Gasteiger charge is -2.18. The number of hydrogen-bond donors (Lipinski definition) is 0. The number of aliphatic imine (C=N–C) groups is 1. The highest BCUT2D eigenvalue weighted by Gasteiger charge is 2.33. The second-order valence-electron chi connectivity index (χ2n) is 7.45. The maximum Gasteiger partial charge on any atom is 0.283 e. The van der Waals surface area contributed by atoms with Crippen molar-refractivity contribution >= 4 is 40.4 Å². The van der Waals surface area contributed by atoms with Crippen LogP contribution in [0.1, 0.15) is 15.9 Å². The van der Waals surface area contributed by atoms with Crippen LogP contribution >= 0.6 is 11.8 Å². The number of hydrogen-bond acceptors (Lipinski definition) is 7. The number of amidine groups is 1. The molecule has 0 aliphatic carbocycles. The van der Waals surface area contributed by atoms with Gasteiger partial charge in [0.05, 0.1) is 18.6 Å². The van der Waals surface area contributed by atoms with Crippen molar-refractivity contribution in [2.45, 2.75) is 0 Å². The second-order valence-corrected chi connectivity index (χ2v) is 8.40. The van der Waals surface area contributed by atoms with Gasteiger partial charge in [0, 0.05) is 11.6 Å². The lowest BCUT2D eigenvalue weighted by molar-refractivity contribution is -0.113. The summed E-state index contributed by atoms with van der Waals surface area (Å²) in [6.07, 6.45) is 1.74. The fourth-order valence-corrected chi connectivity index (χ4v) is 4.45. The van der Waals surface area contributed by atoms with Gasteiger partial charge >= 0.3 is 0 Å². The van der Waals surface area contributed by atoms with Gasteiger partial charge in [-0.05, 0) is 48.0 Å². The van der Waals surface area contributed by atoms with E-state index in [-0.39, 0.29) is 24.2 Å². The van der Waals surface area contributed by atoms with Crippen molar-refractivity contribution in [3.63, 3.8) is 0 Å². The van der Waals surface area contributed by atoms with Crippen LogP contribution in [0.15, 0.2) is 83.5 Å². The Bertz CT molecular complexity index is 1300. The lowest BCUT2D eigenvalue weighted by Crippen LogP contribution is -2.30. The molecule has 1 amide bonds. The Morgan fingerprint density at radius 1 is 1.06 bits per heavy atom. The number of fused-ring (bicyclic) bond motifs is 1. The number of rotatable bonds is 6. The summed E-state index contributed by atoms with van der Waals surface area (Å²) in [7, 11) is 1.58. The first-order valence-electron chi connectivity index (χ1n) is 10.5. The van der Waals surface area contributed by atoms with Crippen LogP contribution < -0.4 is 19.1 Å². The van der Waals surface area contributed by atoms with Crippen molar-refractivity contribution in [1.29, 1.82) is 0 Å². The molecule has 0 atom stereocenters. The van der Waals surface area contributed by atoms with Gasteiger partial charge in [0.25, 0.3) is 5.91 Å². The fraction of sp³-hybridized carbons (Fsp3) is 0.115. The Balaban J connectivity index is 1.43. The molecule has 34 heavy (non-hydrogen) atoms. The van der Waals surface area contributed by atoms with E-state index in [1.54, 1.807) is 55.7 Å². The van der Waals surface area contributed by atoms with Crippen molar-refractivity contribution in [3.05, 3.63) is 89.6 Å². The molecule has 0 spiro atoms. The van der Waals surface area contributed by atoms with Crippen LogP contribution in [-0.2, 0) is 4.79 Å². The zero-order valence-corrected chi connectivity index (χ0v) is 19.1. The summed E-state index contributed by atoms with van der Waals surface area (Å²) in [6, 6.07) is 21.7. The Kier molecular flexibility index (Phi) is 6.05. The smallest absolute Gasteiger partial charge is 0.283 e. The summed E-state index contributed by atoms with van der Waals surface area (Å²) in [5, 5.41) is 0.424. The third-order valence-corrected chi connectivity index (χ3v) is 6.23. The van der Waals surface area contributed by atoms with Crippen molar-refractivity contribution in [1.82, 2.24) is 0 Å². The van der Waals surface area contributed by atoms with Gasteiger partial charge < -0.3 is 14.2 Å². The Morgan fingerprint density at radius 2 is 1.82 bits per heavy atom. The van der Waals surface area contributed by atoms with Gasteiger partial charge in [-0.2, -0.15) is 0 Å². The van der Waals surface area contributed by atoms with E-state index < -0.39 is 0 Å². The number of methoxy groups -OCH3 is 1. The van der Waals surface area contributed by atoms with Crippen LogP contribution in [0.2, 0.25) is 0 Å². The maximum absolute atomic E-state index is 13.4. The highest BCUT2D eigenvalue weighted by Crippen LogP contribution is 2.38. The van der Waals surface area contributed by atoms with Gasteiger partial charge in [0.2, 0.25) is 6.79 Å². The van der Waals surface area contributed by atoms with Crippen molar-refractivity contribution in [2.24, 2.45) is 4.99 Å². The highest BCUT2D eigenvalue weighted by atomic mass is 32.2. The first-order chi connectivity index (χ1) is 16.6. The molecule has 0 unspecified atom stereocenters. The molecule has 2 aliphatic heterocycles. The minimum Gasteiger partial charge on any atom is -0.497 e. The van der Waals surface area contributed by atoms with Crippen LogP contribution in [-0.4, -0.2) is 36.5 Å². The molecule has 0 saturated carbocycles. The van der Waals surface area contributed by atoms with Crippen LogP contribution in [0.25, 0.3) is 6.08 Å². The fourth-order valence-electron chi connectivity index (χ4n) is 3.54. The average Bonchev–Trinajstić information content (AvgIpc) is 3.47. The van der Waals surface area contributed by atoms with E-state index in [9.17, 15) is 9.59 Å². The predicted octanol–water partition coefficient (Wildman–Crippen LogP) is 4.78. The number of benzene rings is 3. The molecular formula is C26H20N2O5S. The van der Waals surface area contributed by atoms with Gasteiger partial charge in [-0.25, -0.2) is 4.99 Å². The molecule has 0 fully saturated rings. The molecule has 5 rings (SSSR count). The zero-order chi connectivity index (χ0) is 23.5. The quantitative estimate of drug-likeness (QED) is 0.379. The number of carbonyl (C=O) groups excluding carboxylic acids is 2. The molecular weight excluding hydrogens is 452 g/mol. The van der Waals surface area contributed by atoms with Gasteiger partial charge in [-0.1, -0.05) is 42.1 Å². The van der Waals surface area contributed by atoms with Crippen LogP contribution in [0.5, 0.6) is 17.2 Å². The summed E-state index contributed by atoms with van der Waals surface area (Å²) in [5.74, 6) is 1.63. The molecule has 0 N–H and O–H groups in total. The van der Waals surface area contributed by atoms with Gasteiger partial charge in [-0.3, -0.25) is 14.5 Å². The monoisotopic (exact) mass is 472 g/mol. The number of ketones is 1. The number of anilines is 1. The van der Waals surface area contributed by atoms with Gasteiger partial charge in [-0.15, -0.1) is 0 Å². The molecule has 170 valence electrons.